The van der Waals surface area contributed by atoms with Crippen LogP contribution < -0.4 is 5.32 Å². The molecule has 0 saturated heterocycles. The van der Waals surface area contributed by atoms with Crippen LogP contribution in [0.25, 0.3) is 0 Å². The van der Waals surface area contributed by atoms with Crippen LogP contribution in [0, 0.1) is 6.92 Å². The number of nitrogens with one attached hydrogen (secondary N) is 1. The number of benzene rings is 1. The van der Waals surface area contributed by atoms with Crippen LogP contribution in [-0.2, 0) is 0 Å². The van der Waals surface area contributed by atoms with E-state index in [9.17, 15) is 0 Å². The number of rotatable bonds is 0. The molecule has 1 aromatic carbocycles. The van der Waals surface area contributed by atoms with Crippen molar-refractivity contribution in [1.29, 1.82) is 0 Å². The fourth-order valence-corrected chi connectivity index (χ4v) is 2.55. The highest BCUT2D eigenvalue weighted by Gasteiger charge is 2.14. The van der Waals surface area contributed by atoms with Gasteiger partial charge >= 0.3 is 0 Å². The highest BCUT2D eigenvalue weighted by molar-refractivity contribution is 7.99. The summed E-state index contributed by atoms with van der Waals surface area (Å²) in [5, 5.41) is 3.48. The van der Waals surface area contributed by atoms with E-state index in [2.05, 4.69) is 37.4 Å². The third-order valence-corrected chi connectivity index (χ3v) is 3.59. The molecule has 2 rings (SSSR count). The molecule has 0 radical (unpaired) electrons. The smallest absolute Gasteiger partial charge is 0.0483 e. The van der Waals surface area contributed by atoms with Gasteiger partial charge in [-0.05, 0) is 25.5 Å². The van der Waals surface area contributed by atoms with Crippen molar-refractivity contribution in [3.8, 4) is 0 Å². The number of anilines is 1. The van der Waals surface area contributed by atoms with E-state index in [1.165, 1.54) is 21.9 Å². The van der Waals surface area contributed by atoms with Gasteiger partial charge in [0, 0.05) is 22.4 Å². The molecular formula is C10H13NS. The van der Waals surface area contributed by atoms with Crippen LogP contribution in [0.15, 0.2) is 23.1 Å². The fraction of sp³-hybridized carbons (Fsp3) is 0.400. The van der Waals surface area contributed by atoms with Gasteiger partial charge in [0.05, 0.1) is 0 Å². The highest BCUT2D eigenvalue weighted by Crippen LogP contribution is 2.35. The normalized spacial score (nSPS) is 21.3. The molecule has 2 heteroatoms. The number of aryl methyl sites for hydroxylation is 1. The molecule has 0 fully saturated rings. The minimum atomic E-state index is 0.601. The van der Waals surface area contributed by atoms with Gasteiger partial charge in [-0.1, -0.05) is 12.1 Å². The average molecular weight is 179 g/mol. The van der Waals surface area contributed by atoms with E-state index in [0.29, 0.717) is 6.04 Å². The molecule has 0 saturated carbocycles. The van der Waals surface area contributed by atoms with Gasteiger partial charge < -0.3 is 5.32 Å². The molecule has 0 spiro atoms. The molecule has 1 aromatic rings. The summed E-state index contributed by atoms with van der Waals surface area (Å²) in [5.41, 5.74) is 2.69. The second kappa shape index (κ2) is 3.02. The molecule has 1 N–H and O–H groups in total. The van der Waals surface area contributed by atoms with Crippen molar-refractivity contribution in [2.75, 3.05) is 11.1 Å². The summed E-state index contributed by atoms with van der Waals surface area (Å²) < 4.78 is 0. The minimum Gasteiger partial charge on any atom is -0.381 e. The Bertz CT molecular complexity index is 296. The molecule has 0 bridgehead atoms. The van der Waals surface area contributed by atoms with Crippen LogP contribution in [0.1, 0.15) is 12.5 Å². The molecular weight excluding hydrogens is 166 g/mol. The topological polar surface area (TPSA) is 12.0 Å². The Morgan fingerprint density at radius 3 is 3.17 bits per heavy atom. The Morgan fingerprint density at radius 1 is 1.50 bits per heavy atom. The maximum Gasteiger partial charge on any atom is 0.0483 e. The van der Waals surface area contributed by atoms with Gasteiger partial charge in [-0.3, -0.25) is 0 Å². The zero-order valence-electron chi connectivity index (χ0n) is 7.42. The van der Waals surface area contributed by atoms with Crippen molar-refractivity contribution in [2.24, 2.45) is 0 Å². The molecule has 1 atom stereocenters. The summed E-state index contributed by atoms with van der Waals surface area (Å²) in [6.07, 6.45) is 0. The molecule has 1 nitrogen and oxygen atoms in total. The summed E-state index contributed by atoms with van der Waals surface area (Å²) in [5.74, 6) is 1.18. The zero-order chi connectivity index (χ0) is 8.55. The molecule has 0 aliphatic carbocycles. The van der Waals surface area contributed by atoms with E-state index in [1.54, 1.807) is 0 Å². The van der Waals surface area contributed by atoms with Crippen LogP contribution in [0.2, 0.25) is 0 Å². The van der Waals surface area contributed by atoms with Crippen molar-refractivity contribution < 1.29 is 0 Å². The molecule has 0 amide bonds. The van der Waals surface area contributed by atoms with Crippen molar-refractivity contribution in [2.45, 2.75) is 24.8 Å². The van der Waals surface area contributed by atoms with Gasteiger partial charge in [0.2, 0.25) is 0 Å². The molecule has 1 unspecified atom stereocenters. The minimum absolute atomic E-state index is 0.601. The average Bonchev–Trinajstić information content (AvgIpc) is 2.04. The van der Waals surface area contributed by atoms with E-state index in [-0.39, 0.29) is 0 Å². The first kappa shape index (κ1) is 7.99. The number of hydrogen-bond acceptors (Lipinski definition) is 2. The van der Waals surface area contributed by atoms with E-state index in [1.807, 2.05) is 11.8 Å². The number of hydrogen-bond donors (Lipinski definition) is 1. The lowest BCUT2D eigenvalue weighted by Gasteiger charge is -2.24. The monoisotopic (exact) mass is 179 g/mol. The number of thioether (sulfide) groups is 1. The molecule has 64 valence electrons. The van der Waals surface area contributed by atoms with E-state index >= 15 is 0 Å². The predicted octanol–water partition coefficient (Wildman–Crippen LogP) is 2.90. The quantitative estimate of drug-likeness (QED) is 0.657. The standard InChI is InChI=1S/C10H13NS/c1-7-4-3-5-9-10(7)12-6-8(2)11-9/h3-5,8,11H,6H2,1-2H3. The first-order chi connectivity index (χ1) is 5.77. The Labute approximate surface area is 77.6 Å². The molecule has 1 aliphatic heterocycles. The third-order valence-electron chi connectivity index (χ3n) is 2.09. The molecule has 1 aliphatic rings. The maximum atomic E-state index is 3.48. The summed E-state index contributed by atoms with van der Waals surface area (Å²) in [4.78, 5) is 1.43. The second-order valence-corrected chi connectivity index (χ2v) is 4.34. The van der Waals surface area contributed by atoms with Gasteiger partial charge in [-0.15, -0.1) is 11.8 Å². The summed E-state index contributed by atoms with van der Waals surface area (Å²) in [7, 11) is 0. The second-order valence-electron chi connectivity index (χ2n) is 3.31. The van der Waals surface area contributed by atoms with Gasteiger partial charge in [0.25, 0.3) is 0 Å². The molecule has 0 aromatic heterocycles. The third kappa shape index (κ3) is 1.31. The highest BCUT2D eigenvalue weighted by atomic mass is 32.2. The Hall–Kier alpha value is -0.630. The molecule has 1 heterocycles. The van der Waals surface area contributed by atoms with Gasteiger partial charge in [0.1, 0.15) is 0 Å². The van der Waals surface area contributed by atoms with E-state index in [4.69, 9.17) is 0 Å². The Morgan fingerprint density at radius 2 is 2.33 bits per heavy atom. The summed E-state index contributed by atoms with van der Waals surface area (Å²) in [6, 6.07) is 7.04. The zero-order valence-corrected chi connectivity index (χ0v) is 8.24. The van der Waals surface area contributed by atoms with Crippen molar-refractivity contribution in [3.05, 3.63) is 23.8 Å². The van der Waals surface area contributed by atoms with E-state index < -0.39 is 0 Å². The van der Waals surface area contributed by atoms with Crippen molar-refractivity contribution >= 4 is 17.4 Å². The van der Waals surface area contributed by atoms with Crippen LogP contribution in [0.5, 0.6) is 0 Å². The summed E-state index contributed by atoms with van der Waals surface area (Å²) in [6.45, 7) is 4.39. The van der Waals surface area contributed by atoms with Crippen LogP contribution in [-0.4, -0.2) is 11.8 Å². The van der Waals surface area contributed by atoms with Gasteiger partial charge in [-0.2, -0.15) is 0 Å². The van der Waals surface area contributed by atoms with Crippen LogP contribution in [0.4, 0.5) is 5.69 Å². The van der Waals surface area contributed by atoms with Crippen LogP contribution in [0.3, 0.4) is 0 Å². The lowest BCUT2D eigenvalue weighted by Crippen LogP contribution is -2.22. The van der Waals surface area contributed by atoms with Crippen molar-refractivity contribution in [1.82, 2.24) is 0 Å². The Kier molecular flexibility index (Phi) is 2.01. The fourth-order valence-electron chi connectivity index (χ4n) is 1.47. The van der Waals surface area contributed by atoms with Crippen molar-refractivity contribution in [3.63, 3.8) is 0 Å². The maximum absolute atomic E-state index is 3.48. The van der Waals surface area contributed by atoms with Gasteiger partial charge in [-0.25, -0.2) is 0 Å². The van der Waals surface area contributed by atoms with Crippen LogP contribution >= 0.6 is 11.8 Å². The lowest BCUT2D eigenvalue weighted by atomic mass is 10.2. The van der Waals surface area contributed by atoms with E-state index in [0.717, 1.165) is 0 Å². The summed E-state index contributed by atoms with van der Waals surface area (Å²) >= 11 is 1.96. The lowest BCUT2D eigenvalue weighted by molar-refractivity contribution is 0.892. The largest absolute Gasteiger partial charge is 0.381 e. The predicted molar refractivity (Wildman–Crippen MR) is 55.0 cm³/mol. The first-order valence-corrected chi connectivity index (χ1v) is 5.25. The number of fused-ring (bicyclic) bond motifs is 1. The Balaban J connectivity index is 2.42. The van der Waals surface area contributed by atoms with Gasteiger partial charge in [0.15, 0.2) is 0 Å². The first-order valence-electron chi connectivity index (χ1n) is 4.26. The SMILES string of the molecule is Cc1cccc2c1SCC(C)N2. The molecule has 12 heavy (non-hydrogen) atoms.